The quantitative estimate of drug-likeness (QED) is 0.768. The highest BCUT2D eigenvalue weighted by Gasteiger charge is 2.30. The van der Waals surface area contributed by atoms with Crippen LogP contribution in [0, 0.1) is 0 Å². The number of hydrogen-bond donors (Lipinski definition) is 1. The summed E-state index contributed by atoms with van der Waals surface area (Å²) in [5.41, 5.74) is 0.714. The van der Waals surface area contributed by atoms with Crippen LogP contribution in [0.3, 0.4) is 0 Å². The van der Waals surface area contributed by atoms with Crippen LogP contribution in [0.2, 0.25) is 0 Å². The van der Waals surface area contributed by atoms with Crippen LogP contribution in [0.4, 0.5) is 18.9 Å². The van der Waals surface area contributed by atoms with Gasteiger partial charge in [0.2, 0.25) is 0 Å². The van der Waals surface area contributed by atoms with Crippen molar-refractivity contribution in [1.29, 1.82) is 0 Å². The van der Waals surface area contributed by atoms with Crippen LogP contribution in [0.25, 0.3) is 0 Å². The fourth-order valence-corrected chi connectivity index (χ4v) is 1.96. The standard InChI is InChI=1S/C17H18F3NO2/c1-22-9-10-23-16-7-5-13(6-8-16)12-21-15-4-2-3-14(11-15)17(18,19)20/h2-8,11,21H,9-10,12H2,1H3. The number of halogens is 3. The third-order valence-corrected chi connectivity index (χ3v) is 3.17. The van der Waals surface area contributed by atoms with Crippen LogP contribution in [0.15, 0.2) is 48.5 Å². The lowest BCUT2D eigenvalue weighted by atomic mass is 10.1. The molecule has 6 heteroatoms. The summed E-state index contributed by atoms with van der Waals surface area (Å²) >= 11 is 0. The monoisotopic (exact) mass is 325 g/mol. The molecule has 0 aliphatic rings. The maximum absolute atomic E-state index is 12.7. The highest BCUT2D eigenvalue weighted by molar-refractivity contribution is 5.47. The summed E-state index contributed by atoms with van der Waals surface area (Å²) < 4.78 is 48.3. The van der Waals surface area contributed by atoms with E-state index in [2.05, 4.69) is 5.32 Å². The van der Waals surface area contributed by atoms with Crippen LogP contribution in [-0.4, -0.2) is 20.3 Å². The molecule has 0 saturated heterocycles. The molecular formula is C17H18F3NO2. The number of rotatable bonds is 7. The molecule has 3 nitrogen and oxygen atoms in total. The Hall–Kier alpha value is -2.21. The van der Waals surface area contributed by atoms with Crippen molar-refractivity contribution in [3.8, 4) is 5.75 Å². The van der Waals surface area contributed by atoms with Crippen LogP contribution in [-0.2, 0) is 17.5 Å². The van der Waals surface area contributed by atoms with Gasteiger partial charge in [-0.05, 0) is 35.9 Å². The van der Waals surface area contributed by atoms with Gasteiger partial charge in [0.25, 0.3) is 0 Å². The molecule has 0 fully saturated rings. The zero-order chi connectivity index (χ0) is 16.7. The summed E-state index contributed by atoms with van der Waals surface area (Å²) in [4.78, 5) is 0. The molecule has 0 bridgehead atoms. The molecule has 23 heavy (non-hydrogen) atoms. The molecule has 0 spiro atoms. The minimum atomic E-state index is -4.33. The van der Waals surface area contributed by atoms with Gasteiger partial charge in [-0.25, -0.2) is 0 Å². The molecule has 0 aromatic heterocycles. The van der Waals surface area contributed by atoms with Gasteiger partial charge in [0.15, 0.2) is 0 Å². The molecule has 0 aliphatic carbocycles. The SMILES string of the molecule is COCCOc1ccc(CNc2cccc(C(F)(F)F)c2)cc1. The normalized spacial score (nSPS) is 11.3. The van der Waals surface area contributed by atoms with Crippen molar-refractivity contribution >= 4 is 5.69 Å². The van der Waals surface area contributed by atoms with Crippen molar-refractivity contribution in [2.45, 2.75) is 12.7 Å². The van der Waals surface area contributed by atoms with Crippen molar-refractivity contribution < 1.29 is 22.6 Å². The van der Waals surface area contributed by atoms with Gasteiger partial charge in [-0.3, -0.25) is 0 Å². The first-order chi connectivity index (χ1) is 11.0. The molecule has 2 rings (SSSR count). The molecule has 0 saturated carbocycles. The van der Waals surface area contributed by atoms with Gasteiger partial charge in [-0.15, -0.1) is 0 Å². The summed E-state index contributed by atoms with van der Waals surface area (Å²) in [5.74, 6) is 0.727. The highest BCUT2D eigenvalue weighted by Crippen LogP contribution is 2.30. The van der Waals surface area contributed by atoms with E-state index < -0.39 is 11.7 Å². The Morgan fingerprint density at radius 2 is 1.74 bits per heavy atom. The molecule has 0 aliphatic heterocycles. The number of anilines is 1. The van der Waals surface area contributed by atoms with E-state index in [1.165, 1.54) is 6.07 Å². The Bertz CT molecular complexity index is 612. The molecule has 0 unspecified atom stereocenters. The van der Waals surface area contributed by atoms with Crippen LogP contribution in [0.5, 0.6) is 5.75 Å². The lowest BCUT2D eigenvalue weighted by Gasteiger charge is -2.11. The first kappa shape index (κ1) is 17.1. The van der Waals surface area contributed by atoms with Gasteiger partial charge in [0.1, 0.15) is 12.4 Å². The summed E-state index contributed by atoms with van der Waals surface area (Å²) in [6.45, 7) is 1.41. The Balaban J connectivity index is 1.91. The van der Waals surface area contributed by atoms with E-state index in [0.717, 1.165) is 23.4 Å². The molecular weight excluding hydrogens is 307 g/mol. The number of ether oxygens (including phenoxy) is 2. The highest BCUT2D eigenvalue weighted by atomic mass is 19.4. The van der Waals surface area contributed by atoms with Gasteiger partial charge >= 0.3 is 6.18 Å². The third kappa shape index (κ3) is 5.49. The minimum absolute atomic E-state index is 0.430. The zero-order valence-corrected chi connectivity index (χ0v) is 12.7. The van der Waals surface area contributed by atoms with Crippen LogP contribution < -0.4 is 10.1 Å². The van der Waals surface area contributed by atoms with E-state index in [9.17, 15) is 13.2 Å². The average Bonchev–Trinajstić information content (AvgIpc) is 2.54. The van der Waals surface area contributed by atoms with Gasteiger partial charge in [-0.1, -0.05) is 18.2 Å². The van der Waals surface area contributed by atoms with Crippen molar-refractivity contribution in [3.05, 3.63) is 59.7 Å². The van der Waals surface area contributed by atoms with E-state index in [0.29, 0.717) is 25.4 Å². The first-order valence-corrected chi connectivity index (χ1v) is 7.11. The smallest absolute Gasteiger partial charge is 0.416 e. The van der Waals surface area contributed by atoms with E-state index in [1.807, 2.05) is 24.3 Å². The maximum Gasteiger partial charge on any atom is 0.416 e. The number of nitrogens with one attached hydrogen (secondary N) is 1. The number of benzene rings is 2. The summed E-state index contributed by atoms with van der Waals surface area (Å²) in [6.07, 6.45) is -4.33. The lowest BCUT2D eigenvalue weighted by molar-refractivity contribution is -0.137. The number of alkyl halides is 3. The largest absolute Gasteiger partial charge is 0.491 e. The van der Waals surface area contributed by atoms with Crippen molar-refractivity contribution in [1.82, 2.24) is 0 Å². The average molecular weight is 325 g/mol. The van der Waals surface area contributed by atoms with E-state index >= 15 is 0 Å². The van der Waals surface area contributed by atoms with Gasteiger partial charge in [0.05, 0.1) is 12.2 Å². The molecule has 0 amide bonds. The fraction of sp³-hybridized carbons (Fsp3) is 0.294. The van der Waals surface area contributed by atoms with Crippen LogP contribution >= 0.6 is 0 Å². The molecule has 2 aromatic carbocycles. The van der Waals surface area contributed by atoms with E-state index in [4.69, 9.17) is 9.47 Å². The predicted molar refractivity (Wildman–Crippen MR) is 82.6 cm³/mol. The van der Waals surface area contributed by atoms with Crippen molar-refractivity contribution in [3.63, 3.8) is 0 Å². The second-order valence-electron chi connectivity index (χ2n) is 4.92. The predicted octanol–water partition coefficient (Wildman–Crippen LogP) is 4.34. The second-order valence-corrected chi connectivity index (χ2v) is 4.92. The first-order valence-electron chi connectivity index (χ1n) is 7.11. The van der Waals surface area contributed by atoms with Gasteiger partial charge < -0.3 is 14.8 Å². The Kier molecular flexibility index (Phi) is 5.87. The van der Waals surface area contributed by atoms with Crippen molar-refractivity contribution in [2.75, 3.05) is 25.6 Å². The zero-order valence-electron chi connectivity index (χ0n) is 12.7. The fourth-order valence-electron chi connectivity index (χ4n) is 1.96. The van der Waals surface area contributed by atoms with Gasteiger partial charge in [-0.2, -0.15) is 13.2 Å². The van der Waals surface area contributed by atoms with Crippen LogP contribution in [0.1, 0.15) is 11.1 Å². The van der Waals surface area contributed by atoms with E-state index in [1.54, 1.807) is 13.2 Å². The molecule has 124 valence electrons. The Labute approximate surface area is 133 Å². The maximum atomic E-state index is 12.7. The Morgan fingerprint density at radius 3 is 2.39 bits per heavy atom. The van der Waals surface area contributed by atoms with Crippen molar-refractivity contribution in [2.24, 2.45) is 0 Å². The van der Waals surface area contributed by atoms with E-state index in [-0.39, 0.29) is 0 Å². The summed E-state index contributed by atoms with van der Waals surface area (Å²) in [7, 11) is 1.60. The molecule has 2 aromatic rings. The molecule has 0 heterocycles. The molecule has 1 N–H and O–H groups in total. The topological polar surface area (TPSA) is 30.5 Å². The minimum Gasteiger partial charge on any atom is -0.491 e. The second kappa shape index (κ2) is 7.87. The lowest BCUT2D eigenvalue weighted by Crippen LogP contribution is -2.06. The number of hydrogen-bond acceptors (Lipinski definition) is 3. The summed E-state index contributed by atoms with van der Waals surface area (Å²) in [6, 6.07) is 12.5. The third-order valence-electron chi connectivity index (χ3n) is 3.17. The summed E-state index contributed by atoms with van der Waals surface area (Å²) in [5, 5.41) is 2.98. The Morgan fingerprint density at radius 1 is 1.00 bits per heavy atom. The molecule has 0 radical (unpaired) electrons. The van der Waals surface area contributed by atoms with Gasteiger partial charge in [0, 0.05) is 19.3 Å². The number of methoxy groups -OCH3 is 1. The molecule has 0 atom stereocenters.